The van der Waals surface area contributed by atoms with Gasteiger partial charge in [-0.25, -0.2) is 4.79 Å². The third-order valence-electron chi connectivity index (χ3n) is 4.34. The van der Waals surface area contributed by atoms with Gasteiger partial charge in [0.05, 0.1) is 0 Å². The van der Waals surface area contributed by atoms with E-state index in [1.807, 2.05) is 18.2 Å². The van der Waals surface area contributed by atoms with Crippen LogP contribution in [0.15, 0.2) is 33.2 Å². The number of hydrogen-bond donors (Lipinski definition) is 0. The highest BCUT2D eigenvalue weighted by molar-refractivity contribution is 5.84. The van der Waals surface area contributed by atoms with Gasteiger partial charge in [0.25, 0.3) is 0 Å². The van der Waals surface area contributed by atoms with Crippen molar-refractivity contribution in [3.05, 3.63) is 47.0 Å². The molecule has 6 heteroatoms. The molecule has 0 saturated carbocycles. The first kappa shape index (κ1) is 15.7. The number of furan rings is 1. The number of ether oxygens (including phenoxy) is 2. The molecule has 1 aromatic carbocycles. The highest BCUT2D eigenvalue weighted by Gasteiger charge is 2.18. The van der Waals surface area contributed by atoms with Crippen LogP contribution in [-0.2, 0) is 29.0 Å². The molecule has 1 aliphatic rings. The molecule has 0 saturated heterocycles. The summed E-state index contributed by atoms with van der Waals surface area (Å²) in [6.45, 7) is 1.71. The lowest BCUT2D eigenvalue weighted by Gasteiger charge is -2.09. The Kier molecular flexibility index (Phi) is 4.17. The number of carbonyl (C=O) groups excluding carboxylic acids is 1. The van der Waals surface area contributed by atoms with Gasteiger partial charge in [0, 0.05) is 23.4 Å². The van der Waals surface area contributed by atoms with Crippen LogP contribution < -0.4 is 4.74 Å². The van der Waals surface area contributed by atoms with Crippen molar-refractivity contribution < 1.29 is 23.2 Å². The minimum absolute atomic E-state index is 0.0772. The summed E-state index contributed by atoms with van der Waals surface area (Å²) in [6.07, 6.45) is 4.38. The predicted molar refractivity (Wildman–Crippen MR) is 89.4 cm³/mol. The second-order valence-corrected chi connectivity index (χ2v) is 6.25. The Morgan fingerprint density at radius 2 is 2.12 bits per heavy atom. The van der Waals surface area contributed by atoms with Crippen LogP contribution in [0.4, 0.5) is 0 Å². The zero-order valence-corrected chi connectivity index (χ0v) is 14.0. The molecule has 3 aromatic rings. The van der Waals surface area contributed by atoms with Gasteiger partial charge in [0.15, 0.2) is 6.61 Å². The summed E-state index contributed by atoms with van der Waals surface area (Å²) in [4.78, 5) is 11.8. The average Bonchev–Trinajstić information content (AvgIpc) is 3.21. The van der Waals surface area contributed by atoms with Gasteiger partial charge < -0.3 is 18.4 Å². The van der Waals surface area contributed by atoms with Gasteiger partial charge in [-0.2, -0.15) is 0 Å². The lowest BCUT2D eigenvalue weighted by Crippen LogP contribution is -2.14. The van der Waals surface area contributed by atoms with Crippen LogP contribution in [0, 0.1) is 6.92 Å². The first-order valence-corrected chi connectivity index (χ1v) is 8.44. The molecule has 1 aliphatic carbocycles. The first-order valence-electron chi connectivity index (χ1n) is 8.44. The van der Waals surface area contributed by atoms with Gasteiger partial charge >= 0.3 is 5.97 Å². The molecular weight excluding hydrogens is 322 g/mol. The molecule has 2 heterocycles. The molecule has 0 atom stereocenters. The van der Waals surface area contributed by atoms with E-state index in [1.54, 1.807) is 13.0 Å². The third-order valence-corrected chi connectivity index (χ3v) is 4.34. The maximum atomic E-state index is 11.8. The van der Waals surface area contributed by atoms with Crippen molar-refractivity contribution in [2.45, 2.75) is 39.2 Å². The molecule has 0 bridgehead atoms. The molecule has 0 aliphatic heterocycles. The second-order valence-electron chi connectivity index (χ2n) is 6.25. The van der Waals surface area contributed by atoms with E-state index in [2.05, 4.69) is 5.16 Å². The first-order chi connectivity index (χ1) is 12.2. The SMILES string of the molecule is Cc1cc(COC(=O)COc2ccc3oc4c(c3c2)CCCC4)no1. The molecule has 6 nitrogen and oxygen atoms in total. The Morgan fingerprint density at radius 1 is 1.24 bits per heavy atom. The Hall–Kier alpha value is -2.76. The van der Waals surface area contributed by atoms with Gasteiger partial charge in [-0.1, -0.05) is 5.16 Å². The molecule has 2 aromatic heterocycles. The number of esters is 1. The van der Waals surface area contributed by atoms with Gasteiger partial charge in [-0.15, -0.1) is 0 Å². The van der Waals surface area contributed by atoms with Crippen LogP contribution in [0.5, 0.6) is 5.75 Å². The largest absolute Gasteiger partial charge is 0.482 e. The Bertz CT molecular complexity index is 908. The van der Waals surface area contributed by atoms with E-state index < -0.39 is 5.97 Å². The molecule has 130 valence electrons. The Labute approximate surface area is 144 Å². The number of hydrogen-bond acceptors (Lipinski definition) is 6. The summed E-state index contributed by atoms with van der Waals surface area (Å²) in [6, 6.07) is 7.37. The topological polar surface area (TPSA) is 74.7 Å². The summed E-state index contributed by atoms with van der Waals surface area (Å²) >= 11 is 0. The van der Waals surface area contributed by atoms with Gasteiger partial charge in [-0.05, 0) is 44.4 Å². The summed E-state index contributed by atoms with van der Waals surface area (Å²) in [7, 11) is 0. The monoisotopic (exact) mass is 341 g/mol. The lowest BCUT2D eigenvalue weighted by molar-refractivity contribution is -0.147. The maximum absolute atomic E-state index is 11.8. The van der Waals surface area contributed by atoms with Crippen LogP contribution in [0.2, 0.25) is 0 Å². The van der Waals surface area contributed by atoms with Crippen LogP contribution in [0.3, 0.4) is 0 Å². The summed E-state index contributed by atoms with van der Waals surface area (Å²) < 4.78 is 21.5. The molecule has 0 fully saturated rings. The van der Waals surface area contributed by atoms with E-state index in [4.69, 9.17) is 18.4 Å². The maximum Gasteiger partial charge on any atom is 0.344 e. The molecular formula is C19H19NO5. The Morgan fingerprint density at radius 3 is 2.96 bits per heavy atom. The standard InChI is InChI=1S/C19H19NO5/c1-12-8-13(20-25-12)10-23-19(21)11-22-14-6-7-18-16(9-14)15-4-2-3-5-17(15)24-18/h6-9H,2-5,10-11H2,1H3. The van der Waals surface area contributed by atoms with E-state index in [9.17, 15) is 4.79 Å². The predicted octanol–water partition coefficient (Wildman–Crippen LogP) is 3.73. The number of carbonyl (C=O) groups is 1. The lowest BCUT2D eigenvalue weighted by atomic mass is 9.96. The molecule has 0 spiro atoms. The Balaban J connectivity index is 1.38. The molecule has 25 heavy (non-hydrogen) atoms. The minimum atomic E-state index is -0.449. The fraction of sp³-hybridized carbons (Fsp3) is 0.368. The van der Waals surface area contributed by atoms with Crippen molar-refractivity contribution in [1.82, 2.24) is 5.16 Å². The van der Waals surface area contributed by atoms with Crippen molar-refractivity contribution in [1.29, 1.82) is 0 Å². The van der Waals surface area contributed by atoms with E-state index in [0.29, 0.717) is 17.2 Å². The van der Waals surface area contributed by atoms with Gasteiger partial charge in [0.2, 0.25) is 0 Å². The van der Waals surface area contributed by atoms with Crippen LogP contribution >= 0.6 is 0 Å². The van der Waals surface area contributed by atoms with Crippen molar-refractivity contribution in [3.8, 4) is 5.75 Å². The van der Waals surface area contributed by atoms with E-state index in [1.165, 1.54) is 18.4 Å². The molecule has 0 amide bonds. The smallest absolute Gasteiger partial charge is 0.344 e. The van der Waals surface area contributed by atoms with Gasteiger partial charge in [0.1, 0.15) is 35.2 Å². The molecule has 0 unspecified atom stereocenters. The highest BCUT2D eigenvalue weighted by Crippen LogP contribution is 2.33. The summed E-state index contributed by atoms with van der Waals surface area (Å²) in [5.74, 6) is 1.95. The summed E-state index contributed by atoms with van der Waals surface area (Å²) in [5.41, 5.74) is 2.73. The number of benzene rings is 1. The van der Waals surface area contributed by atoms with Crippen molar-refractivity contribution in [2.24, 2.45) is 0 Å². The van der Waals surface area contributed by atoms with Crippen LogP contribution in [0.25, 0.3) is 11.0 Å². The molecule has 4 rings (SSSR count). The summed E-state index contributed by atoms with van der Waals surface area (Å²) in [5, 5.41) is 4.85. The molecule has 0 N–H and O–H groups in total. The zero-order chi connectivity index (χ0) is 17.2. The highest BCUT2D eigenvalue weighted by atomic mass is 16.6. The number of aromatic nitrogens is 1. The van der Waals surface area contributed by atoms with Crippen molar-refractivity contribution in [3.63, 3.8) is 0 Å². The molecule has 0 radical (unpaired) electrons. The average molecular weight is 341 g/mol. The number of rotatable bonds is 5. The number of fused-ring (bicyclic) bond motifs is 3. The normalized spacial score (nSPS) is 13.6. The quantitative estimate of drug-likeness (QED) is 0.658. The van der Waals surface area contributed by atoms with Crippen LogP contribution in [0.1, 0.15) is 35.6 Å². The van der Waals surface area contributed by atoms with E-state index >= 15 is 0 Å². The van der Waals surface area contributed by atoms with Crippen molar-refractivity contribution >= 4 is 16.9 Å². The van der Waals surface area contributed by atoms with E-state index in [0.717, 1.165) is 29.6 Å². The van der Waals surface area contributed by atoms with Crippen molar-refractivity contribution in [2.75, 3.05) is 6.61 Å². The van der Waals surface area contributed by atoms with Gasteiger partial charge in [-0.3, -0.25) is 0 Å². The number of nitrogens with zero attached hydrogens (tertiary/aromatic N) is 1. The zero-order valence-electron chi connectivity index (χ0n) is 14.0. The fourth-order valence-electron chi connectivity index (χ4n) is 3.16. The third kappa shape index (κ3) is 3.38. The van der Waals surface area contributed by atoms with E-state index in [-0.39, 0.29) is 13.2 Å². The minimum Gasteiger partial charge on any atom is -0.482 e. The fourth-order valence-corrected chi connectivity index (χ4v) is 3.16. The number of aryl methyl sites for hydroxylation is 3. The second kappa shape index (κ2) is 6.63. The van der Waals surface area contributed by atoms with Crippen LogP contribution in [-0.4, -0.2) is 17.7 Å².